The van der Waals surface area contributed by atoms with Gasteiger partial charge in [0.2, 0.25) is 0 Å². The first-order chi connectivity index (χ1) is 9.48. The van der Waals surface area contributed by atoms with Crippen LogP contribution in [0, 0.1) is 0 Å². The minimum Gasteiger partial charge on any atom is -0.406 e. The molecular weight excluding hydrogens is 269 g/mol. The average Bonchev–Trinajstić information content (AvgIpc) is 2.38. The van der Waals surface area contributed by atoms with E-state index in [-0.39, 0.29) is 18.0 Å². The minimum absolute atomic E-state index is 0.0137. The van der Waals surface area contributed by atoms with E-state index in [2.05, 4.69) is 11.7 Å². The molecule has 1 fully saturated rings. The first-order valence-electron chi connectivity index (χ1n) is 6.99. The molecule has 0 saturated carbocycles. The molecule has 2 atom stereocenters. The van der Waals surface area contributed by atoms with E-state index in [1.807, 2.05) is 0 Å². The monoisotopic (exact) mass is 288 g/mol. The summed E-state index contributed by atoms with van der Waals surface area (Å²) in [4.78, 5) is 0. The van der Waals surface area contributed by atoms with E-state index in [0.29, 0.717) is 0 Å². The first kappa shape index (κ1) is 15.2. The normalized spacial score (nSPS) is 23.6. The van der Waals surface area contributed by atoms with Crippen LogP contribution >= 0.6 is 0 Å². The van der Waals surface area contributed by atoms with Gasteiger partial charge in [-0.15, -0.1) is 13.2 Å². The summed E-state index contributed by atoms with van der Waals surface area (Å²) in [6.45, 7) is 2.12. The van der Waals surface area contributed by atoms with Crippen LogP contribution in [0.1, 0.15) is 50.7 Å². The molecule has 5 heteroatoms. The molecule has 0 amide bonds. The Labute approximate surface area is 116 Å². The van der Waals surface area contributed by atoms with Crippen LogP contribution < -0.4 is 4.74 Å². The van der Waals surface area contributed by atoms with Crippen LogP contribution in [-0.2, 0) is 4.74 Å². The van der Waals surface area contributed by atoms with Gasteiger partial charge in [-0.1, -0.05) is 25.5 Å². The summed E-state index contributed by atoms with van der Waals surface area (Å²) in [5.41, 5.74) is 0.917. The number of ether oxygens (including phenoxy) is 2. The minimum atomic E-state index is -4.64. The van der Waals surface area contributed by atoms with Gasteiger partial charge < -0.3 is 9.47 Å². The molecule has 0 bridgehead atoms. The van der Waals surface area contributed by atoms with Crippen molar-refractivity contribution in [3.05, 3.63) is 29.8 Å². The molecule has 0 N–H and O–H groups in total. The maximum absolute atomic E-state index is 12.1. The van der Waals surface area contributed by atoms with Gasteiger partial charge in [-0.3, -0.25) is 0 Å². The number of hydrogen-bond acceptors (Lipinski definition) is 2. The van der Waals surface area contributed by atoms with Crippen molar-refractivity contribution in [2.24, 2.45) is 0 Å². The maximum Gasteiger partial charge on any atom is 0.573 e. The zero-order chi connectivity index (χ0) is 14.6. The summed E-state index contributed by atoms with van der Waals surface area (Å²) in [5, 5.41) is 0. The standard InChI is InChI=1S/C15H19F3O2/c1-2-4-12-5-3-6-14(19-12)11-7-9-13(10-8-11)20-15(16,17)18/h7-10,12,14H,2-6H2,1H3/t12-,14-/m0/s1. The molecular formula is C15H19F3O2. The van der Waals surface area contributed by atoms with Gasteiger partial charge in [0, 0.05) is 0 Å². The predicted molar refractivity (Wildman–Crippen MR) is 69.5 cm³/mol. The van der Waals surface area contributed by atoms with Crippen molar-refractivity contribution in [2.75, 3.05) is 0 Å². The Morgan fingerprint density at radius 1 is 1.20 bits per heavy atom. The highest BCUT2D eigenvalue weighted by atomic mass is 19.4. The number of benzene rings is 1. The summed E-state index contributed by atoms with van der Waals surface area (Å²) in [6.07, 6.45) is 0.802. The highest BCUT2D eigenvalue weighted by Gasteiger charge is 2.31. The largest absolute Gasteiger partial charge is 0.573 e. The van der Waals surface area contributed by atoms with E-state index in [4.69, 9.17) is 4.74 Å². The molecule has 1 saturated heterocycles. The second-order valence-electron chi connectivity index (χ2n) is 5.08. The average molecular weight is 288 g/mol. The smallest absolute Gasteiger partial charge is 0.406 e. The van der Waals surface area contributed by atoms with Gasteiger partial charge in [-0.2, -0.15) is 0 Å². The van der Waals surface area contributed by atoms with Crippen LogP contribution in [-0.4, -0.2) is 12.5 Å². The van der Waals surface area contributed by atoms with Crippen molar-refractivity contribution in [3.8, 4) is 5.75 Å². The third kappa shape index (κ3) is 4.40. The zero-order valence-electron chi connectivity index (χ0n) is 11.5. The topological polar surface area (TPSA) is 18.5 Å². The highest BCUT2D eigenvalue weighted by molar-refractivity contribution is 5.29. The first-order valence-corrected chi connectivity index (χ1v) is 6.99. The molecule has 1 heterocycles. The fourth-order valence-corrected chi connectivity index (χ4v) is 2.56. The van der Waals surface area contributed by atoms with Crippen LogP contribution in [0.3, 0.4) is 0 Å². The maximum atomic E-state index is 12.1. The van der Waals surface area contributed by atoms with Gasteiger partial charge in [-0.25, -0.2) is 0 Å². The zero-order valence-corrected chi connectivity index (χ0v) is 11.5. The van der Waals surface area contributed by atoms with Gasteiger partial charge in [0.15, 0.2) is 0 Å². The molecule has 0 aromatic heterocycles. The Morgan fingerprint density at radius 2 is 1.90 bits per heavy atom. The Bertz CT molecular complexity index is 412. The van der Waals surface area contributed by atoms with Gasteiger partial charge in [0.05, 0.1) is 12.2 Å². The molecule has 2 rings (SSSR count). The molecule has 1 aliphatic heterocycles. The SMILES string of the molecule is CCC[C@H]1CCC[C@@H](c2ccc(OC(F)(F)F)cc2)O1. The van der Waals surface area contributed by atoms with E-state index < -0.39 is 6.36 Å². The number of halogens is 3. The Kier molecular flexibility index (Phi) is 4.91. The van der Waals surface area contributed by atoms with E-state index in [0.717, 1.165) is 37.7 Å². The van der Waals surface area contributed by atoms with Crippen molar-refractivity contribution in [1.29, 1.82) is 0 Å². The van der Waals surface area contributed by atoms with Crippen molar-refractivity contribution >= 4 is 0 Å². The molecule has 0 spiro atoms. The van der Waals surface area contributed by atoms with Crippen LogP contribution in [0.15, 0.2) is 24.3 Å². The lowest BCUT2D eigenvalue weighted by molar-refractivity contribution is -0.274. The molecule has 2 nitrogen and oxygen atoms in total. The Morgan fingerprint density at radius 3 is 2.50 bits per heavy atom. The Hall–Kier alpha value is -1.23. The molecule has 0 radical (unpaired) electrons. The third-order valence-electron chi connectivity index (χ3n) is 3.45. The Balaban J connectivity index is 1.98. The second kappa shape index (κ2) is 6.48. The molecule has 0 unspecified atom stereocenters. The summed E-state index contributed by atoms with van der Waals surface area (Å²) < 4.78 is 46.1. The molecule has 20 heavy (non-hydrogen) atoms. The van der Waals surface area contributed by atoms with Crippen molar-refractivity contribution < 1.29 is 22.6 Å². The van der Waals surface area contributed by atoms with E-state index in [1.54, 1.807) is 12.1 Å². The van der Waals surface area contributed by atoms with Crippen molar-refractivity contribution in [2.45, 2.75) is 57.6 Å². The van der Waals surface area contributed by atoms with Crippen molar-refractivity contribution in [3.63, 3.8) is 0 Å². The van der Waals surface area contributed by atoms with Crippen LogP contribution in [0.2, 0.25) is 0 Å². The van der Waals surface area contributed by atoms with Gasteiger partial charge in [0.25, 0.3) is 0 Å². The van der Waals surface area contributed by atoms with Gasteiger partial charge >= 0.3 is 6.36 Å². The van der Waals surface area contributed by atoms with E-state index in [9.17, 15) is 13.2 Å². The molecule has 1 aromatic rings. The molecule has 1 aliphatic rings. The summed E-state index contributed by atoms with van der Waals surface area (Å²) in [6, 6.07) is 5.99. The van der Waals surface area contributed by atoms with E-state index >= 15 is 0 Å². The quantitative estimate of drug-likeness (QED) is 0.776. The summed E-state index contributed by atoms with van der Waals surface area (Å²) >= 11 is 0. The predicted octanol–water partition coefficient (Wildman–Crippen LogP) is 5.00. The second-order valence-corrected chi connectivity index (χ2v) is 5.08. The lowest BCUT2D eigenvalue weighted by atomic mass is 9.96. The molecule has 0 aliphatic carbocycles. The van der Waals surface area contributed by atoms with Crippen LogP contribution in [0.25, 0.3) is 0 Å². The highest BCUT2D eigenvalue weighted by Crippen LogP contribution is 2.34. The fraction of sp³-hybridized carbons (Fsp3) is 0.600. The lowest BCUT2D eigenvalue weighted by Crippen LogP contribution is -2.22. The fourth-order valence-electron chi connectivity index (χ4n) is 2.56. The lowest BCUT2D eigenvalue weighted by Gasteiger charge is -2.30. The number of rotatable bonds is 4. The van der Waals surface area contributed by atoms with Gasteiger partial charge in [-0.05, 0) is 43.4 Å². The summed E-state index contributed by atoms with van der Waals surface area (Å²) in [7, 11) is 0. The van der Waals surface area contributed by atoms with E-state index in [1.165, 1.54) is 12.1 Å². The molecule has 112 valence electrons. The summed E-state index contributed by atoms with van der Waals surface area (Å²) in [5.74, 6) is -0.192. The third-order valence-corrected chi connectivity index (χ3v) is 3.45. The van der Waals surface area contributed by atoms with Gasteiger partial charge in [0.1, 0.15) is 5.75 Å². The van der Waals surface area contributed by atoms with Crippen LogP contribution in [0.5, 0.6) is 5.75 Å². The van der Waals surface area contributed by atoms with Crippen molar-refractivity contribution in [1.82, 2.24) is 0 Å². The van der Waals surface area contributed by atoms with Crippen LogP contribution in [0.4, 0.5) is 13.2 Å². The number of hydrogen-bond donors (Lipinski definition) is 0. The number of alkyl halides is 3. The molecule has 1 aromatic carbocycles.